The van der Waals surface area contributed by atoms with E-state index in [1.54, 1.807) is 6.92 Å². The van der Waals surface area contributed by atoms with E-state index in [4.69, 9.17) is 9.47 Å². The summed E-state index contributed by atoms with van der Waals surface area (Å²) in [5, 5.41) is 12.9. The highest BCUT2D eigenvalue weighted by Crippen LogP contribution is 2.01. The molecule has 0 fully saturated rings. The Bertz CT molecular complexity index is 129. The Kier molecular flexibility index (Phi) is 8.08. The lowest BCUT2D eigenvalue weighted by atomic mass is 10.1. The minimum atomic E-state index is -0.789. The van der Waals surface area contributed by atoms with Crippen molar-refractivity contribution >= 4 is 0 Å². The smallest absolute Gasteiger partial charge is 0.0975 e. The van der Waals surface area contributed by atoms with E-state index >= 15 is 0 Å². The predicted molar refractivity (Wildman–Crippen MR) is 56.5 cm³/mol. The molecule has 2 N–H and O–H groups in total. The monoisotopic (exact) mass is 205 g/mol. The Hall–Kier alpha value is -0.160. The molecule has 0 saturated heterocycles. The maximum Gasteiger partial charge on any atom is 0.0975 e. The van der Waals surface area contributed by atoms with Crippen LogP contribution in [0.2, 0.25) is 0 Å². The van der Waals surface area contributed by atoms with Crippen LogP contribution in [0.3, 0.4) is 0 Å². The highest BCUT2D eigenvalue weighted by Gasteiger charge is 2.19. The maximum atomic E-state index is 9.77. The third kappa shape index (κ3) is 8.44. The van der Waals surface area contributed by atoms with E-state index in [1.165, 1.54) is 0 Å². The van der Waals surface area contributed by atoms with Gasteiger partial charge in [0, 0.05) is 13.2 Å². The number of hydrogen-bond acceptors (Lipinski definition) is 4. The summed E-state index contributed by atoms with van der Waals surface area (Å²) in [6.07, 6.45) is 0. The minimum Gasteiger partial charge on any atom is -0.386 e. The van der Waals surface area contributed by atoms with Crippen LogP contribution in [0.4, 0.5) is 0 Å². The van der Waals surface area contributed by atoms with Gasteiger partial charge in [0.1, 0.15) is 0 Å². The van der Waals surface area contributed by atoms with Gasteiger partial charge in [-0.3, -0.25) is 0 Å². The molecule has 0 radical (unpaired) electrons. The van der Waals surface area contributed by atoms with Crippen LogP contribution in [0.15, 0.2) is 0 Å². The molecule has 0 amide bonds. The Morgan fingerprint density at radius 3 is 2.43 bits per heavy atom. The molecule has 1 atom stereocenters. The molecule has 4 nitrogen and oxygen atoms in total. The summed E-state index contributed by atoms with van der Waals surface area (Å²) in [6.45, 7) is 9.30. The van der Waals surface area contributed by atoms with E-state index < -0.39 is 5.60 Å². The maximum absolute atomic E-state index is 9.77. The molecule has 1 unspecified atom stereocenters. The first kappa shape index (κ1) is 13.8. The molecule has 0 aromatic carbocycles. The average molecular weight is 205 g/mol. The van der Waals surface area contributed by atoms with E-state index in [1.807, 2.05) is 13.8 Å². The number of hydrogen-bond donors (Lipinski definition) is 2. The summed E-state index contributed by atoms with van der Waals surface area (Å²) in [5.41, 5.74) is -0.789. The lowest BCUT2D eigenvalue weighted by molar-refractivity contribution is -0.0453. The highest BCUT2D eigenvalue weighted by molar-refractivity contribution is 4.74. The molecule has 0 heterocycles. The fraction of sp³-hybridized carbons (Fsp3) is 1.00. The zero-order chi connectivity index (χ0) is 10.9. The lowest BCUT2D eigenvalue weighted by Gasteiger charge is -2.23. The lowest BCUT2D eigenvalue weighted by Crippen LogP contribution is -2.42. The van der Waals surface area contributed by atoms with Crippen LogP contribution < -0.4 is 5.32 Å². The molecule has 0 aromatic heterocycles. The zero-order valence-corrected chi connectivity index (χ0v) is 9.51. The number of aliphatic hydroxyl groups is 1. The van der Waals surface area contributed by atoms with E-state index in [2.05, 4.69) is 5.32 Å². The molecular formula is C10H23NO3. The van der Waals surface area contributed by atoms with Crippen molar-refractivity contribution in [2.45, 2.75) is 26.4 Å². The summed E-state index contributed by atoms with van der Waals surface area (Å²) in [6, 6.07) is 0. The van der Waals surface area contributed by atoms with Crippen molar-refractivity contribution in [1.82, 2.24) is 5.32 Å². The van der Waals surface area contributed by atoms with Crippen molar-refractivity contribution < 1.29 is 14.6 Å². The number of nitrogens with one attached hydrogen (secondary N) is 1. The van der Waals surface area contributed by atoms with Crippen molar-refractivity contribution in [2.24, 2.45) is 0 Å². The second-order valence-electron chi connectivity index (χ2n) is 3.53. The van der Waals surface area contributed by atoms with Gasteiger partial charge in [-0.15, -0.1) is 0 Å². The van der Waals surface area contributed by atoms with Gasteiger partial charge in [-0.25, -0.2) is 0 Å². The van der Waals surface area contributed by atoms with Gasteiger partial charge in [0.25, 0.3) is 0 Å². The molecule has 86 valence electrons. The third-order valence-corrected chi connectivity index (χ3v) is 1.74. The van der Waals surface area contributed by atoms with Crippen LogP contribution in [-0.2, 0) is 9.47 Å². The number of likely N-dealkylation sites (N-methyl/N-ethyl adjacent to an activating group) is 1. The fourth-order valence-corrected chi connectivity index (χ4v) is 1.000. The molecule has 0 spiro atoms. The van der Waals surface area contributed by atoms with Gasteiger partial charge in [-0.05, 0) is 20.4 Å². The minimum absolute atomic E-state index is 0.340. The van der Waals surface area contributed by atoms with Crippen LogP contribution in [0.25, 0.3) is 0 Å². The third-order valence-electron chi connectivity index (χ3n) is 1.74. The second kappa shape index (κ2) is 8.17. The SMILES string of the molecule is CCNCC(C)(O)COCCOCC. The van der Waals surface area contributed by atoms with Crippen molar-refractivity contribution in [3.05, 3.63) is 0 Å². The van der Waals surface area contributed by atoms with E-state index in [0.29, 0.717) is 33.0 Å². The second-order valence-corrected chi connectivity index (χ2v) is 3.53. The van der Waals surface area contributed by atoms with Crippen molar-refractivity contribution in [3.63, 3.8) is 0 Å². The zero-order valence-electron chi connectivity index (χ0n) is 9.51. The molecule has 14 heavy (non-hydrogen) atoms. The highest BCUT2D eigenvalue weighted by atomic mass is 16.5. The van der Waals surface area contributed by atoms with Crippen LogP contribution >= 0.6 is 0 Å². The Morgan fingerprint density at radius 1 is 1.21 bits per heavy atom. The van der Waals surface area contributed by atoms with Crippen molar-refractivity contribution in [3.8, 4) is 0 Å². The summed E-state index contributed by atoms with van der Waals surface area (Å²) < 4.78 is 10.4. The largest absolute Gasteiger partial charge is 0.386 e. The Labute approximate surface area is 86.6 Å². The molecule has 4 heteroatoms. The Morgan fingerprint density at radius 2 is 1.86 bits per heavy atom. The van der Waals surface area contributed by atoms with Crippen molar-refractivity contribution in [2.75, 3.05) is 39.5 Å². The summed E-state index contributed by atoms with van der Waals surface area (Å²) >= 11 is 0. The first-order valence-corrected chi connectivity index (χ1v) is 5.21. The molecule has 0 aliphatic carbocycles. The van der Waals surface area contributed by atoms with Crippen LogP contribution in [-0.4, -0.2) is 50.2 Å². The van der Waals surface area contributed by atoms with E-state index in [-0.39, 0.29) is 0 Å². The number of rotatable bonds is 9. The topological polar surface area (TPSA) is 50.7 Å². The normalized spacial score (nSPS) is 15.4. The van der Waals surface area contributed by atoms with Crippen LogP contribution in [0.1, 0.15) is 20.8 Å². The molecule has 0 rings (SSSR count). The van der Waals surface area contributed by atoms with Crippen LogP contribution in [0.5, 0.6) is 0 Å². The van der Waals surface area contributed by atoms with E-state index in [0.717, 1.165) is 6.54 Å². The predicted octanol–water partition coefficient (Wildman–Crippen LogP) is 0.400. The van der Waals surface area contributed by atoms with Crippen molar-refractivity contribution in [1.29, 1.82) is 0 Å². The van der Waals surface area contributed by atoms with Gasteiger partial charge in [0.2, 0.25) is 0 Å². The standard InChI is InChI=1S/C10H23NO3/c1-4-11-8-10(3,12)9-14-7-6-13-5-2/h11-12H,4-9H2,1-3H3. The first-order chi connectivity index (χ1) is 6.62. The summed E-state index contributed by atoms with van der Waals surface area (Å²) in [4.78, 5) is 0. The van der Waals surface area contributed by atoms with Gasteiger partial charge < -0.3 is 19.9 Å². The average Bonchev–Trinajstić information content (AvgIpc) is 2.15. The van der Waals surface area contributed by atoms with Gasteiger partial charge in [-0.2, -0.15) is 0 Å². The molecule has 0 saturated carbocycles. The molecule has 0 aliphatic rings. The van der Waals surface area contributed by atoms with Gasteiger partial charge in [-0.1, -0.05) is 6.92 Å². The van der Waals surface area contributed by atoms with Gasteiger partial charge >= 0.3 is 0 Å². The van der Waals surface area contributed by atoms with E-state index in [9.17, 15) is 5.11 Å². The first-order valence-electron chi connectivity index (χ1n) is 5.21. The van der Waals surface area contributed by atoms with Gasteiger partial charge in [0.15, 0.2) is 0 Å². The molecule has 0 aliphatic heterocycles. The molecule has 0 bridgehead atoms. The quantitative estimate of drug-likeness (QED) is 0.535. The fourth-order valence-electron chi connectivity index (χ4n) is 1.000. The van der Waals surface area contributed by atoms with Gasteiger partial charge in [0.05, 0.1) is 25.4 Å². The number of ether oxygens (including phenoxy) is 2. The summed E-state index contributed by atoms with van der Waals surface area (Å²) in [7, 11) is 0. The van der Waals surface area contributed by atoms with Crippen LogP contribution in [0, 0.1) is 0 Å². The molecule has 0 aromatic rings. The molecular weight excluding hydrogens is 182 g/mol. The Balaban J connectivity index is 3.35. The summed E-state index contributed by atoms with van der Waals surface area (Å²) in [5.74, 6) is 0.